The lowest BCUT2D eigenvalue weighted by Gasteiger charge is -2.14. The second-order valence-corrected chi connectivity index (χ2v) is 9.49. The van der Waals surface area contributed by atoms with Gasteiger partial charge < -0.3 is 32.1 Å². The number of aromatic nitrogens is 1. The quantitative estimate of drug-likeness (QED) is 0.486. The van der Waals surface area contributed by atoms with Gasteiger partial charge in [-0.15, -0.1) is 0 Å². The van der Waals surface area contributed by atoms with E-state index in [0.29, 0.717) is 13.1 Å². The molecule has 2 aliphatic heterocycles. The highest BCUT2D eigenvalue weighted by Gasteiger charge is 2.22. The number of carbonyl (C=O) groups is 1. The van der Waals surface area contributed by atoms with Gasteiger partial charge in [-0.1, -0.05) is 36.0 Å². The standard InChI is InChI=1S/C26H28N4OS.BrH/c1-28-23-10-4-5-11-24(23)32-26(28)18-20-12-16-30(22-9-3-2-8-21(20)22)19-25(31)27-13-17-29-14-6-7-15-29;/h2-5,8-12,16,18H,6-7,13-15,17,19H2,1H3;1H. The molecule has 3 aromatic rings. The zero-order chi connectivity index (χ0) is 21.9. The number of nitrogens with one attached hydrogen (secondary N) is 1. The first-order valence-corrected chi connectivity index (χ1v) is 12.1. The lowest BCUT2D eigenvalue weighted by atomic mass is 10.1. The largest absolute Gasteiger partial charge is 1.00 e. The molecule has 0 aliphatic carbocycles. The average molecular weight is 526 g/mol. The summed E-state index contributed by atoms with van der Waals surface area (Å²) < 4.78 is 2.04. The van der Waals surface area contributed by atoms with E-state index in [0.717, 1.165) is 36.1 Å². The number of fused-ring (bicyclic) bond motifs is 2. The topological polar surface area (TPSA) is 39.5 Å². The molecule has 2 aliphatic rings. The summed E-state index contributed by atoms with van der Waals surface area (Å²) in [6.45, 7) is 4.30. The van der Waals surface area contributed by atoms with E-state index >= 15 is 0 Å². The van der Waals surface area contributed by atoms with Crippen molar-refractivity contribution >= 4 is 40.3 Å². The van der Waals surface area contributed by atoms with Crippen molar-refractivity contribution in [2.75, 3.05) is 38.1 Å². The van der Waals surface area contributed by atoms with Crippen LogP contribution >= 0.6 is 11.8 Å². The summed E-state index contributed by atoms with van der Waals surface area (Å²) in [6.07, 6.45) is 6.83. The second-order valence-electron chi connectivity index (χ2n) is 8.43. The van der Waals surface area contributed by atoms with E-state index in [1.54, 1.807) is 11.8 Å². The van der Waals surface area contributed by atoms with Crippen LogP contribution in [0.1, 0.15) is 18.4 Å². The van der Waals surface area contributed by atoms with E-state index in [1.807, 2.05) is 16.8 Å². The molecule has 1 fully saturated rings. The van der Waals surface area contributed by atoms with Crippen LogP contribution in [-0.4, -0.2) is 44.0 Å². The number of amides is 1. The smallest absolute Gasteiger partial charge is 0.286 e. The van der Waals surface area contributed by atoms with Gasteiger partial charge in [-0.25, -0.2) is 0 Å². The maximum absolute atomic E-state index is 12.6. The normalized spacial score (nSPS) is 16.8. The Balaban J connectivity index is 0.00000259. The van der Waals surface area contributed by atoms with Crippen LogP contribution in [-0.2, 0) is 11.3 Å². The molecule has 0 radical (unpaired) electrons. The van der Waals surface area contributed by atoms with E-state index in [-0.39, 0.29) is 22.9 Å². The number of rotatable bonds is 6. The average Bonchev–Trinajstić information content (AvgIpc) is 3.44. The fourth-order valence-corrected chi connectivity index (χ4v) is 5.62. The van der Waals surface area contributed by atoms with E-state index < -0.39 is 0 Å². The number of halogens is 1. The third kappa shape index (κ3) is 5.26. The maximum Gasteiger partial charge on any atom is 0.286 e. The predicted molar refractivity (Wildman–Crippen MR) is 132 cm³/mol. The number of para-hydroxylation sites is 2. The first kappa shape index (κ1) is 23.8. The number of hydrogen-bond acceptors (Lipinski definition) is 4. The van der Waals surface area contributed by atoms with Crippen molar-refractivity contribution in [1.29, 1.82) is 0 Å². The van der Waals surface area contributed by atoms with Gasteiger partial charge in [0.25, 0.3) is 5.91 Å². The molecule has 7 heteroatoms. The number of benzene rings is 2. The van der Waals surface area contributed by atoms with Crippen molar-refractivity contribution in [2.45, 2.75) is 24.3 Å². The highest BCUT2D eigenvalue weighted by molar-refractivity contribution is 8.03. The molecule has 2 aromatic carbocycles. The number of carbonyl (C=O) groups excluding carboxylic acids is 1. The van der Waals surface area contributed by atoms with E-state index in [2.05, 4.69) is 76.8 Å². The van der Waals surface area contributed by atoms with Crippen molar-refractivity contribution < 1.29 is 26.3 Å². The number of pyridine rings is 1. The van der Waals surface area contributed by atoms with Gasteiger partial charge >= 0.3 is 0 Å². The molecule has 1 aromatic heterocycles. The van der Waals surface area contributed by atoms with Crippen LogP contribution in [0, 0.1) is 0 Å². The molecule has 33 heavy (non-hydrogen) atoms. The third-order valence-corrected chi connectivity index (χ3v) is 7.44. The molecule has 0 spiro atoms. The van der Waals surface area contributed by atoms with Gasteiger partial charge in [0.05, 0.1) is 16.1 Å². The minimum absolute atomic E-state index is 0. The van der Waals surface area contributed by atoms with E-state index in [9.17, 15) is 4.79 Å². The van der Waals surface area contributed by atoms with Gasteiger partial charge in [0.15, 0.2) is 6.20 Å². The molecule has 5 nitrogen and oxygen atoms in total. The Morgan fingerprint density at radius 3 is 2.67 bits per heavy atom. The molecular formula is C26H29BrN4OS. The van der Waals surface area contributed by atoms with Gasteiger partial charge in [0.1, 0.15) is 0 Å². The van der Waals surface area contributed by atoms with E-state index in [1.165, 1.54) is 28.5 Å². The van der Waals surface area contributed by atoms with Gasteiger partial charge in [-0.2, -0.15) is 4.57 Å². The molecular weight excluding hydrogens is 496 g/mol. The van der Waals surface area contributed by atoms with Crippen molar-refractivity contribution in [3.05, 3.63) is 71.4 Å². The number of thioether (sulfide) groups is 1. The van der Waals surface area contributed by atoms with Crippen molar-refractivity contribution in [2.24, 2.45) is 0 Å². The summed E-state index contributed by atoms with van der Waals surface area (Å²) in [4.78, 5) is 18.5. The fraction of sp³-hybridized carbons (Fsp3) is 0.308. The molecule has 1 amide bonds. The Bertz CT molecular complexity index is 1180. The first-order valence-electron chi connectivity index (χ1n) is 11.3. The fourth-order valence-electron chi connectivity index (χ4n) is 4.52. The molecule has 1 N–H and O–H groups in total. The van der Waals surface area contributed by atoms with Crippen LogP contribution in [0.4, 0.5) is 5.69 Å². The lowest BCUT2D eigenvalue weighted by Crippen LogP contribution is -3.00. The Hall–Kier alpha value is -2.35. The van der Waals surface area contributed by atoms with Gasteiger partial charge in [0, 0.05) is 37.2 Å². The lowest BCUT2D eigenvalue weighted by molar-refractivity contribution is -0.658. The van der Waals surface area contributed by atoms with Crippen LogP contribution < -0.4 is 31.8 Å². The minimum Gasteiger partial charge on any atom is -1.00 e. The molecule has 0 atom stereocenters. The summed E-state index contributed by atoms with van der Waals surface area (Å²) in [5.74, 6) is 0.0620. The summed E-state index contributed by atoms with van der Waals surface area (Å²) in [7, 11) is 2.11. The monoisotopic (exact) mass is 524 g/mol. The Labute approximate surface area is 210 Å². The zero-order valence-corrected chi connectivity index (χ0v) is 21.2. The summed E-state index contributed by atoms with van der Waals surface area (Å²) in [5.41, 5.74) is 3.47. The maximum atomic E-state index is 12.6. The van der Waals surface area contributed by atoms with Gasteiger partial charge in [-0.3, -0.25) is 4.79 Å². The third-order valence-electron chi connectivity index (χ3n) is 6.27. The van der Waals surface area contributed by atoms with Crippen LogP contribution in [0.2, 0.25) is 0 Å². The summed E-state index contributed by atoms with van der Waals surface area (Å²) in [5, 5.41) is 5.44. The highest BCUT2D eigenvalue weighted by atomic mass is 79.9. The molecule has 3 heterocycles. The van der Waals surface area contributed by atoms with Crippen molar-refractivity contribution in [3.63, 3.8) is 0 Å². The number of hydrogen-bond donors (Lipinski definition) is 1. The van der Waals surface area contributed by atoms with Crippen LogP contribution in [0.25, 0.3) is 17.0 Å². The van der Waals surface area contributed by atoms with Gasteiger partial charge in [-0.05, 0) is 55.8 Å². The molecule has 0 saturated carbocycles. The first-order chi connectivity index (χ1) is 15.7. The molecule has 0 unspecified atom stereocenters. The van der Waals surface area contributed by atoms with Crippen molar-refractivity contribution in [3.8, 4) is 0 Å². The van der Waals surface area contributed by atoms with Crippen LogP contribution in [0.15, 0.2) is 70.7 Å². The predicted octanol–water partition coefficient (Wildman–Crippen LogP) is 0.884. The Morgan fingerprint density at radius 2 is 1.85 bits per heavy atom. The van der Waals surface area contributed by atoms with Crippen LogP contribution in [0.5, 0.6) is 0 Å². The number of nitrogens with zero attached hydrogens (tertiary/aromatic N) is 3. The Kier molecular flexibility index (Phi) is 7.73. The summed E-state index contributed by atoms with van der Waals surface area (Å²) >= 11 is 1.79. The number of likely N-dealkylation sites (tertiary alicyclic amines) is 1. The zero-order valence-electron chi connectivity index (χ0n) is 18.8. The second kappa shape index (κ2) is 10.7. The molecule has 172 valence electrons. The highest BCUT2D eigenvalue weighted by Crippen LogP contribution is 2.45. The number of anilines is 1. The van der Waals surface area contributed by atoms with E-state index in [4.69, 9.17) is 0 Å². The Morgan fingerprint density at radius 1 is 1.09 bits per heavy atom. The van der Waals surface area contributed by atoms with Gasteiger partial charge in [0.2, 0.25) is 12.1 Å². The SMILES string of the molecule is CN1/C(=C/c2cc[n+](CC(=O)NCCN3CCCC3)c3ccccc23)Sc2ccccc21.[Br-]. The molecule has 1 saturated heterocycles. The summed E-state index contributed by atoms with van der Waals surface area (Å²) in [6, 6.07) is 18.9. The van der Waals surface area contributed by atoms with Crippen molar-refractivity contribution in [1.82, 2.24) is 10.2 Å². The minimum atomic E-state index is 0. The van der Waals surface area contributed by atoms with Crippen LogP contribution in [0.3, 0.4) is 0 Å². The molecule has 5 rings (SSSR count). The molecule has 0 bridgehead atoms.